The molecule has 0 spiro atoms. The lowest BCUT2D eigenvalue weighted by molar-refractivity contribution is 0.0927. The standard InChI is InChI=1S/C19H24N4O2/c1-4-6-14-7-8-16-15(11-14)13(3)18(25-16)19(24)20-10-9-17-22-21-12-23(17)5-2/h7-8,11-12H,4-6,9-10H2,1-3H3,(H,20,24). The van der Waals surface area contributed by atoms with E-state index < -0.39 is 0 Å². The fraction of sp³-hybridized carbons (Fsp3) is 0.421. The van der Waals surface area contributed by atoms with Crippen LogP contribution in [0, 0.1) is 6.92 Å². The molecule has 2 aromatic heterocycles. The van der Waals surface area contributed by atoms with Crippen LogP contribution < -0.4 is 5.32 Å². The minimum atomic E-state index is -0.187. The van der Waals surface area contributed by atoms with E-state index in [4.69, 9.17) is 4.42 Å². The zero-order valence-corrected chi connectivity index (χ0v) is 15.0. The van der Waals surface area contributed by atoms with Crippen LogP contribution in [0.5, 0.6) is 0 Å². The number of benzene rings is 1. The number of aromatic nitrogens is 3. The van der Waals surface area contributed by atoms with Gasteiger partial charge in [0.1, 0.15) is 17.7 Å². The average molecular weight is 340 g/mol. The van der Waals surface area contributed by atoms with Crippen molar-refractivity contribution >= 4 is 16.9 Å². The van der Waals surface area contributed by atoms with E-state index in [0.717, 1.165) is 41.7 Å². The Morgan fingerprint density at radius 2 is 2.12 bits per heavy atom. The van der Waals surface area contributed by atoms with Crippen LogP contribution in [-0.2, 0) is 19.4 Å². The molecule has 0 unspecified atom stereocenters. The van der Waals surface area contributed by atoms with E-state index in [1.165, 1.54) is 5.56 Å². The van der Waals surface area contributed by atoms with Crippen molar-refractivity contribution in [2.24, 2.45) is 0 Å². The van der Waals surface area contributed by atoms with Crippen LogP contribution in [0.15, 0.2) is 28.9 Å². The Morgan fingerprint density at radius 1 is 1.28 bits per heavy atom. The second-order valence-corrected chi connectivity index (χ2v) is 6.18. The maximum atomic E-state index is 12.5. The molecule has 0 aliphatic carbocycles. The van der Waals surface area contributed by atoms with E-state index in [0.29, 0.717) is 18.7 Å². The topological polar surface area (TPSA) is 73.0 Å². The zero-order valence-electron chi connectivity index (χ0n) is 15.0. The largest absolute Gasteiger partial charge is 0.451 e. The minimum Gasteiger partial charge on any atom is -0.451 e. The molecule has 0 fully saturated rings. The van der Waals surface area contributed by atoms with Crippen LogP contribution in [0.25, 0.3) is 11.0 Å². The van der Waals surface area contributed by atoms with Gasteiger partial charge in [-0.25, -0.2) is 0 Å². The minimum absolute atomic E-state index is 0.187. The molecule has 0 aliphatic rings. The van der Waals surface area contributed by atoms with Gasteiger partial charge in [-0.3, -0.25) is 4.79 Å². The Kier molecular flexibility index (Phi) is 5.16. The number of fused-ring (bicyclic) bond motifs is 1. The summed E-state index contributed by atoms with van der Waals surface area (Å²) in [6.07, 6.45) is 4.46. The quantitative estimate of drug-likeness (QED) is 0.716. The van der Waals surface area contributed by atoms with E-state index in [9.17, 15) is 4.79 Å². The highest BCUT2D eigenvalue weighted by Gasteiger charge is 2.17. The van der Waals surface area contributed by atoms with Crippen LogP contribution in [-0.4, -0.2) is 27.2 Å². The average Bonchev–Trinajstić information content (AvgIpc) is 3.20. The first-order chi connectivity index (χ1) is 12.1. The van der Waals surface area contributed by atoms with Crippen molar-refractivity contribution in [3.8, 4) is 0 Å². The van der Waals surface area contributed by atoms with Crippen molar-refractivity contribution in [1.82, 2.24) is 20.1 Å². The molecule has 2 heterocycles. The van der Waals surface area contributed by atoms with Gasteiger partial charge in [0.15, 0.2) is 5.76 Å². The Labute approximate surface area is 147 Å². The molecule has 6 heteroatoms. The lowest BCUT2D eigenvalue weighted by Crippen LogP contribution is -2.26. The molecule has 0 atom stereocenters. The summed E-state index contributed by atoms with van der Waals surface area (Å²) in [6, 6.07) is 6.14. The van der Waals surface area contributed by atoms with E-state index in [-0.39, 0.29) is 5.91 Å². The van der Waals surface area contributed by atoms with E-state index >= 15 is 0 Å². The summed E-state index contributed by atoms with van der Waals surface area (Å²) >= 11 is 0. The van der Waals surface area contributed by atoms with Gasteiger partial charge in [0.2, 0.25) is 0 Å². The molecule has 0 aliphatic heterocycles. The molecule has 1 amide bonds. The van der Waals surface area contributed by atoms with Gasteiger partial charge in [0.25, 0.3) is 5.91 Å². The molecule has 1 aromatic carbocycles. The van der Waals surface area contributed by atoms with Gasteiger partial charge in [-0.05, 0) is 38.0 Å². The highest BCUT2D eigenvalue weighted by Crippen LogP contribution is 2.26. The van der Waals surface area contributed by atoms with Crippen molar-refractivity contribution in [1.29, 1.82) is 0 Å². The molecular weight excluding hydrogens is 316 g/mol. The smallest absolute Gasteiger partial charge is 0.287 e. The summed E-state index contributed by atoms with van der Waals surface area (Å²) < 4.78 is 7.75. The third-order valence-corrected chi connectivity index (χ3v) is 4.42. The predicted molar refractivity (Wildman–Crippen MR) is 96.7 cm³/mol. The van der Waals surface area contributed by atoms with Crippen LogP contribution in [0.1, 0.15) is 47.8 Å². The van der Waals surface area contributed by atoms with Crippen LogP contribution in [0.3, 0.4) is 0 Å². The highest BCUT2D eigenvalue weighted by atomic mass is 16.3. The normalized spacial score (nSPS) is 11.2. The summed E-state index contributed by atoms with van der Waals surface area (Å²) in [5, 5.41) is 11.9. The fourth-order valence-electron chi connectivity index (χ4n) is 3.03. The number of rotatable bonds is 7. The van der Waals surface area contributed by atoms with Crippen molar-refractivity contribution < 1.29 is 9.21 Å². The monoisotopic (exact) mass is 340 g/mol. The molecule has 0 radical (unpaired) electrons. The molecule has 0 saturated heterocycles. The molecule has 0 bridgehead atoms. The summed E-state index contributed by atoms with van der Waals surface area (Å²) in [4.78, 5) is 12.5. The number of aryl methyl sites for hydroxylation is 3. The Bertz CT molecular complexity index is 879. The molecule has 1 N–H and O–H groups in total. The van der Waals surface area contributed by atoms with Gasteiger partial charge in [-0.1, -0.05) is 19.4 Å². The summed E-state index contributed by atoms with van der Waals surface area (Å²) in [5.74, 6) is 1.07. The van der Waals surface area contributed by atoms with Crippen molar-refractivity contribution in [3.63, 3.8) is 0 Å². The Hall–Kier alpha value is -2.63. The maximum Gasteiger partial charge on any atom is 0.287 e. The SMILES string of the molecule is CCCc1ccc2oc(C(=O)NCCc3nncn3CC)c(C)c2c1. The zero-order chi connectivity index (χ0) is 17.8. The number of nitrogens with one attached hydrogen (secondary N) is 1. The molecule has 3 rings (SSSR count). The molecular formula is C19H24N4O2. The summed E-state index contributed by atoms with van der Waals surface area (Å²) in [7, 11) is 0. The second-order valence-electron chi connectivity index (χ2n) is 6.18. The molecule has 0 saturated carbocycles. The number of amides is 1. The van der Waals surface area contributed by atoms with E-state index in [1.807, 2.05) is 24.5 Å². The highest BCUT2D eigenvalue weighted by molar-refractivity contribution is 5.99. The Balaban J connectivity index is 1.70. The second kappa shape index (κ2) is 7.51. The predicted octanol–water partition coefficient (Wildman–Crippen LogP) is 3.28. The van der Waals surface area contributed by atoms with Crippen molar-refractivity contribution in [3.05, 3.63) is 47.2 Å². The number of hydrogen-bond acceptors (Lipinski definition) is 4. The van der Waals surface area contributed by atoms with Gasteiger partial charge in [0.05, 0.1) is 0 Å². The van der Waals surface area contributed by atoms with Crippen LogP contribution >= 0.6 is 0 Å². The third kappa shape index (κ3) is 3.57. The van der Waals surface area contributed by atoms with Gasteiger partial charge < -0.3 is 14.3 Å². The summed E-state index contributed by atoms with van der Waals surface area (Å²) in [5.41, 5.74) is 2.92. The van der Waals surface area contributed by atoms with Gasteiger partial charge in [0, 0.05) is 30.5 Å². The fourth-order valence-corrected chi connectivity index (χ4v) is 3.03. The number of furan rings is 1. The number of nitrogens with zero attached hydrogens (tertiary/aromatic N) is 3. The molecule has 25 heavy (non-hydrogen) atoms. The third-order valence-electron chi connectivity index (χ3n) is 4.42. The molecule has 132 valence electrons. The first-order valence-corrected chi connectivity index (χ1v) is 8.81. The van der Waals surface area contributed by atoms with E-state index in [2.05, 4.69) is 34.6 Å². The van der Waals surface area contributed by atoms with Gasteiger partial charge >= 0.3 is 0 Å². The Morgan fingerprint density at radius 3 is 2.88 bits per heavy atom. The molecule has 3 aromatic rings. The first-order valence-electron chi connectivity index (χ1n) is 8.81. The number of hydrogen-bond donors (Lipinski definition) is 1. The lowest BCUT2D eigenvalue weighted by atomic mass is 10.1. The summed E-state index contributed by atoms with van der Waals surface area (Å²) in [6.45, 7) is 7.44. The van der Waals surface area contributed by atoms with Crippen LogP contribution in [0.2, 0.25) is 0 Å². The first kappa shape index (κ1) is 17.2. The number of carbonyl (C=O) groups excluding carboxylic acids is 1. The van der Waals surface area contributed by atoms with Crippen molar-refractivity contribution in [2.45, 2.75) is 46.6 Å². The number of carbonyl (C=O) groups is 1. The maximum absolute atomic E-state index is 12.5. The van der Waals surface area contributed by atoms with Crippen LogP contribution in [0.4, 0.5) is 0 Å². The lowest BCUT2D eigenvalue weighted by Gasteiger charge is -2.05. The van der Waals surface area contributed by atoms with Crippen molar-refractivity contribution in [2.75, 3.05) is 6.54 Å². The van der Waals surface area contributed by atoms with Gasteiger partial charge in [-0.15, -0.1) is 10.2 Å². The van der Waals surface area contributed by atoms with E-state index in [1.54, 1.807) is 6.33 Å². The van der Waals surface area contributed by atoms with Gasteiger partial charge in [-0.2, -0.15) is 0 Å². The molecule has 6 nitrogen and oxygen atoms in total.